The summed E-state index contributed by atoms with van der Waals surface area (Å²) in [7, 11) is 0. The van der Waals surface area contributed by atoms with Crippen molar-refractivity contribution in [3.05, 3.63) is 54.4 Å². The Balaban J connectivity index is 1.55. The Kier molecular flexibility index (Phi) is 4.20. The van der Waals surface area contributed by atoms with Crippen molar-refractivity contribution < 1.29 is 14.3 Å². The number of nitrogens with one attached hydrogen (secondary N) is 2. The average molecular weight is 299 g/mol. The van der Waals surface area contributed by atoms with E-state index in [1.165, 1.54) is 6.20 Å². The monoisotopic (exact) mass is 299 g/mol. The molecule has 1 aliphatic heterocycles. The number of ether oxygens (including phenoxy) is 2. The number of carbonyl (C=O) groups is 1. The number of rotatable bonds is 4. The second-order valence-corrected chi connectivity index (χ2v) is 5.04. The molecule has 0 saturated heterocycles. The van der Waals surface area contributed by atoms with E-state index in [1.807, 2.05) is 31.2 Å². The molecule has 1 aliphatic rings. The van der Waals surface area contributed by atoms with Crippen molar-refractivity contribution in [3.8, 4) is 11.5 Å². The van der Waals surface area contributed by atoms with Gasteiger partial charge in [0, 0.05) is 12.4 Å². The molecule has 2 N–H and O–H groups in total. The van der Waals surface area contributed by atoms with E-state index < -0.39 is 0 Å². The molecule has 114 valence electrons. The zero-order chi connectivity index (χ0) is 15.4. The molecule has 1 aromatic carbocycles. The molecule has 6 heteroatoms. The van der Waals surface area contributed by atoms with Crippen LogP contribution >= 0.6 is 0 Å². The van der Waals surface area contributed by atoms with Crippen molar-refractivity contribution in [2.75, 3.05) is 6.61 Å². The van der Waals surface area contributed by atoms with Crippen LogP contribution in [0.4, 0.5) is 0 Å². The maximum absolute atomic E-state index is 11.9. The van der Waals surface area contributed by atoms with Gasteiger partial charge in [0.1, 0.15) is 12.7 Å². The average Bonchev–Trinajstić information content (AvgIpc) is 2.59. The van der Waals surface area contributed by atoms with Crippen LogP contribution < -0.4 is 20.3 Å². The summed E-state index contributed by atoms with van der Waals surface area (Å²) in [6.07, 6.45) is 2.94. The molecule has 0 fully saturated rings. The van der Waals surface area contributed by atoms with Gasteiger partial charge in [-0.1, -0.05) is 12.1 Å². The summed E-state index contributed by atoms with van der Waals surface area (Å²) >= 11 is 0. The van der Waals surface area contributed by atoms with Gasteiger partial charge in [0.05, 0.1) is 11.6 Å². The van der Waals surface area contributed by atoms with E-state index in [-0.39, 0.29) is 18.1 Å². The fraction of sp³-hybridized carbons (Fsp3) is 0.250. The van der Waals surface area contributed by atoms with Gasteiger partial charge in [0.15, 0.2) is 11.5 Å². The van der Waals surface area contributed by atoms with Crippen LogP contribution in [0.25, 0.3) is 0 Å². The second kappa shape index (κ2) is 6.44. The van der Waals surface area contributed by atoms with E-state index in [1.54, 1.807) is 18.3 Å². The normalized spacial score (nSPS) is 17.6. The van der Waals surface area contributed by atoms with Crippen molar-refractivity contribution in [1.29, 1.82) is 0 Å². The molecular formula is C16H17N3O3. The van der Waals surface area contributed by atoms with Crippen molar-refractivity contribution >= 4 is 5.91 Å². The third kappa shape index (κ3) is 3.17. The molecule has 1 aromatic heterocycles. The fourth-order valence-electron chi connectivity index (χ4n) is 2.12. The third-order valence-electron chi connectivity index (χ3n) is 3.43. The topological polar surface area (TPSA) is 72.5 Å². The molecule has 2 atom stereocenters. The Morgan fingerprint density at radius 3 is 2.86 bits per heavy atom. The smallest absolute Gasteiger partial charge is 0.266 e. The largest absolute Gasteiger partial charge is 0.486 e. The minimum Gasteiger partial charge on any atom is -0.486 e. The van der Waals surface area contributed by atoms with E-state index in [0.29, 0.717) is 17.9 Å². The number of hydrogen-bond acceptors (Lipinski definition) is 5. The van der Waals surface area contributed by atoms with E-state index in [0.717, 1.165) is 5.75 Å². The van der Waals surface area contributed by atoms with Gasteiger partial charge in [-0.2, -0.15) is 0 Å². The van der Waals surface area contributed by atoms with Crippen LogP contribution in [0.1, 0.15) is 17.3 Å². The molecule has 2 heterocycles. The number of hydrazine groups is 1. The standard InChI is InChI=1S/C16H17N3O3/c1-11(18-19-16(20)12-5-4-8-17-9-12)15-10-21-13-6-2-3-7-14(13)22-15/h2-9,11,15,18H,10H2,1H3,(H,19,20)/t11-,15-/m0/s1. The highest BCUT2D eigenvalue weighted by atomic mass is 16.6. The number of benzene rings is 1. The van der Waals surface area contributed by atoms with Gasteiger partial charge in [0.25, 0.3) is 5.91 Å². The van der Waals surface area contributed by atoms with Crippen LogP contribution in [0.3, 0.4) is 0 Å². The van der Waals surface area contributed by atoms with Gasteiger partial charge in [-0.25, -0.2) is 5.43 Å². The SMILES string of the molecule is C[C@H](NNC(=O)c1cccnc1)[C@@H]1COc2ccccc2O1. The van der Waals surface area contributed by atoms with Crippen molar-refractivity contribution in [3.63, 3.8) is 0 Å². The Bertz CT molecular complexity index is 648. The minimum atomic E-state index is -0.239. The summed E-state index contributed by atoms with van der Waals surface area (Å²) in [5.41, 5.74) is 6.10. The Labute approximate surface area is 128 Å². The molecule has 6 nitrogen and oxygen atoms in total. The van der Waals surface area contributed by atoms with Gasteiger partial charge in [-0.05, 0) is 31.2 Å². The lowest BCUT2D eigenvalue weighted by molar-refractivity contribution is 0.0597. The molecule has 0 radical (unpaired) electrons. The van der Waals surface area contributed by atoms with Gasteiger partial charge in [-0.15, -0.1) is 0 Å². The first-order valence-electron chi connectivity index (χ1n) is 7.08. The number of pyridine rings is 1. The predicted molar refractivity (Wildman–Crippen MR) is 80.7 cm³/mol. The lowest BCUT2D eigenvalue weighted by Gasteiger charge is -2.30. The van der Waals surface area contributed by atoms with E-state index >= 15 is 0 Å². The first-order valence-corrected chi connectivity index (χ1v) is 7.08. The summed E-state index contributed by atoms with van der Waals surface area (Å²) < 4.78 is 11.5. The molecule has 0 spiro atoms. The predicted octanol–water partition coefficient (Wildman–Crippen LogP) is 1.54. The van der Waals surface area contributed by atoms with Crippen LogP contribution in [0.5, 0.6) is 11.5 Å². The summed E-state index contributed by atoms with van der Waals surface area (Å²) in [5.74, 6) is 1.22. The van der Waals surface area contributed by atoms with Crippen molar-refractivity contribution in [2.24, 2.45) is 0 Å². The maximum atomic E-state index is 11.9. The Morgan fingerprint density at radius 2 is 2.09 bits per heavy atom. The van der Waals surface area contributed by atoms with Crippen LogP contribution in [-0.4, -0.2) is 29.6 Å². The zero-order valence-electron chi connectivity index (χ0n) is 12.2. The lowest BCUT2D eigenvalue weighted by atomic mass is 10.2. The number of amides is 1. The fourth-order valence-corrected chi connectivity index (χ4v) is 2.12. The lowest BCUT2D eigenvalue weighted by Crippen LogP contribution is -2.52. The first kappa shape index (κ1) is 14.3. The minimum absolute atomic E-state index is 0.117. The van der Waals surface area contributed by atoms with Crippen LogP contribution in [0, 0.1) is 0 Å². The van der Waals surface area contributed by atoms with Crippen LogP contribution in [-0.2, 0) is 0 Å². The highest BCUT2D eigenvalue weighted by Gasteiger charge is 2.26. The van der Waals surface area contributed by atoms with Crippen molar-refractivity contribution in [2.45, 2.75) is 19.1 Å². The number of hydrogen-bond donors (Lipinski definition) is 2. The number of fused-ring (bicyclic) bond motifs is 1. The molecule has 0 unspecified atom stereocenters. The number of para-hydroxylation sites is 2. The summed E-state index contributed by atoms with van der Waals surface area (Å²) in [5, 5.41) is 0. The highest BCUT2D eigenvalue weighted by Crippen LogP contribution is 2.31. The molecule has 1 amide bonds. The quantitative estimate of drug-likeness (QED) is 0.838. The van der Waals surface area contributed by atoms with E-state index in [9.17, 15) is 4.79 Å². The van der Waals surface area contributed by atoms with Gasteiger partial charge >= 0.3 is 0 Å². The van der Waals surface area contributed by atoms with Crippen molar-refractivity contribution in [1.82, 2.24) is 15.8 Å². The Morgan fingerprint density at radius 1 is 1.27 bits per heavy atom. The Hall–Kier alpha value is -2.60. The van der Waals surface area contributed by atoms with Crippen LogP contribution in [0.2, 0.25) is 0 Å². The van der Waals surface area contributed by atoms with E-state index in [4.69, 9.17) is 9.47 Å². The zero-order valence-corrected chi connectivity index (χ0v) is 12.2. The second-order valence-electron chi connectivity index (χ2n) is 5.04. The van der Waals surface area contributed by atoms with Gasteiger partial charge < -0.3 is 9.47 Å². The number of carbonyl (C=O) groups excluding carboxylic acids is 1. The molecule has 2 aromatic rings. The summed E-state index contributed by atoms with van der Waals surface area (Å²) in [6, 6.07) is 10.8. The van der Waals surface area contributed by atoms with Crippen LogP contribution in [0.15, 0.2) is 48.8 Å². The number of aromatic nitrogens is 1. The molecule has 0 aliphatic carbocycles. The maximum Gasteiger partial charge on any atom is 0.266 e. The highest BCUT2D eigenvalue weighted by molar-refractivity contribution is 5.93. The number of nitrogens with zero attached hydrogens (tertiary/aromatic N) is 1. The summed E-state index contributed by atoms with van der Waals surface area (Å²) in [6.45, 7) is 2.35. The summed E-state index contributed by atoms with van der Waals surface area (Å²) in [4.78, 5) is 15.9. The first-order chi connectivity index (χ1) is 10.7. The van der Waals surface area contributed by atoms with E-state index in [2.05, 4.69) is 15.8 Å². The molecule has 0 saturated carbocycles. The molecule has 22 heavy (non-hydrogen) atoms. The van der Waals surface area contributed by atoms with Gasteiger partial charge in [-0.3, -0.25) is 15.2 Å². The molecular weight excluding hydrogens is 282 g/mol. The molecule has 0 bridgehead atoms. The molecule has 3 rings (SSSR count). The van der Waals surface area contributed by atoms with Gasteiger partial charge in [0.2, 0.25) is 0 Å². The third-order valence-corrected chi connectivity index (χ3v) is 3.43.